The summed E-state index contributed by atoms with van der Waals surface area (Å²) in [5.74, 6) is 0.477. The van der Waals surface area contributed by atoms with Crippen LogP contribution in [0.3, 0.4) is 0 Å². The first-order chi connectivity index (χ1) is 11.9. The van der Waals surface area contributed by atoms with Gasteiger partial charge in [-0.3, -0.25) is 4.79 Å². The molecule has 25 heavy (non-hydrogen) atoms. The van der Waals surface area contributed by atoms with Gasteiger partial charge in [0.25, 0.3) is 0 Å². The molecular weight excluding hydrogens is 316 g/mol. The van der Waals surface area contributed by atoms with Crippen LogP contribution in [0, 0.1) is 11.8 Å². The van der Waals surface area contributed by atoms with E-state index < -0.39 is 17.7 Å². The van der Waals surface area contributed by atoms with Gasteiger partial charge in [0, 0.05) is 0 Å². The van der Waals surface area contributed by atoms with Crippen molar-refractivity contribution in [3.63, 3.8) is 0 Å². The van der Waals surface area contributed by atoms with Gasteiger partial charge < -0.3 is 5.11 Å². The lowest BCUT2D eigenvalue weighted by Crippen LogP contribution is -2.40. The predicted octanol–water partition coefficient (Wildman–Crippen LogP) is 5.91. The van der Waals surface area contributed by atoms with Crippen LogP contribution in [-0.4, -0.2) is 22.8 Å². The van der Waals surface area contributed by atoms with Gasteiger partial charge in [-0.05, 0) is 49.2 Å². The van der Waals surface area contributed by atoms with Crippen LogP contribution in [0.4, 0.5) is 0 Å². The van der Waals surface area contributed by atoms with Crippen molar-refractivity contribution in [1.29, 1.82) is 0 Å². The molecule has 4 heteroatoms. The zero-order chi connectivity index (χ0) is 18.9. The minimum atomic E-state index is -0.855. The lowest BCUT2D eigenvalue weighted by molar-refractivity contribution is -0.378. The van der Waals surface area contributed by atoms with Crippen LogP contribution in [-0.2, 0) is 14.6 Å². The number of hydrogen-bond donors (Lipinski definition) is 1. The van der Waals surface area contributed by atoms with Gasteiger partial charge in [0.15, 0.2) is 0 Å². The Kier molecular flexibility index (Phi) is 9.73. The quantitative estimate of drug-likeness (QED) is 0.350. The number of unbranched alkanes of at least 4 members (excludes halogenated alkanes) is 1. The molecule has 0 aromatic carbocycles. The summed E-state index contributed by atoms with van der Waals surface area (Å²) in [6.07, 6.45) is 10.6. The van der Waals surface area contributed by atoms with Gasteiger partial charge in [-0.2, -0.15) is 0 Å². The number of hydrogen-bond acceptors (Lipinski definition) is 3. The molecule has 0 bridgehead atoms. The summed E-state index contributed by atoms with van der Waals surface area (Å²) < 4.78 is 0. The largest absolute Gasteiger partial charge is 0.481 e. The molecule has 1 aliphatic rings. The highest BCUT2D eigenvalue weighted by Crippen LogP contribution is 2.37. The highest BCUT2D eigenvalue weighted by Gasteiger charge is 2.37. The molecule has 0 spiro atoms. The van der Waals surface area contributed by atoms with Crippen molar-refractivity contribution in [2.75, 3.05) is 0 Å². The van der Waals surface area contributed by atoms with Crippen molar-refractivity contribution in [3.8, 4) is 0 Å². The molecule has 0 saturated carbocycles. The van der Waals surface area contributed by atoms with E-state index in [2.05, 4.69) is 40.7 Å². The average molecular weight is 355 g/mol. The fourth-order valence-corrected chi connectivity index (χ4v) is 3.95. The Morgan fingerprint density at radius 1 is 1.32 bits per heavy atom. The van der Waals surface area contributed by atoms with Crippen LogP contribution in [0.5, 0.6) is 0 Å². The molecule has 0 aromatic heterocycles. The summed E-state index contributed by atoms with van der Waals surface area (Å²) >= 11 is 0. The molecule has 4 atom stereocenters. The second-order valence-electron chi connectivity index (χ2n) is 7.72. The van der Waals surface area contributed by atoms with Crippen LogP contribution >= 0.6 is 0 Å². The number of rotatable bonds is 12. The number of aliphatic carboxylic acids is 1. The van der Waals surface area contributed by atoms with Crippen molar-refractivity contribution in [3.05, 3.63) is 11.6 Å². The number of carboxylic acids is 1. The fourth-order valence-electron chi connectivity index (χ4n) is 3.95. The average Bonchev–Trinajstić information content (AvgIpc) is 2.59. The lowest BCUT2D eigenvalue weighted by Gasteiger charge is -2.38. The standard InChI is InChI=1S/C21H38O4/c1-6-10-11-17(7-2)12-16(5)14-21(9-4)15-18(8-3)19(24-25-21)13-20(22)23/h15-17,19H,6-14H2,1-5H3,(H,22,23)/t16-,17-,19+,21+/m0/s1. The molecule has 1 rings (SSSR count). The summed E-state index contributed by atoms with van der Waals surface area (Å²) in [7, 11) is 0. The van der Waals surface area contributed by atoms with E-state index in [1.807, 2.05) is 0 Å². The third-order valence-electron chi connectivity index (χ3n) is 5.53. The van der Waals surface area contributed by atoms with Crippen LogP contribution in [0.2, 0.25) is 0 Å². The van der Waals surface area contributed by atoms with Gasteiger partial charge in [-0.1, -0.05) is 60.3 Å². The van der Waals surface area contributed by atoms with Crippen molar-refractivity contribution < 1.29 is 19.7 Å². The summed E-state index contributed by atoms with van der Waals surface area (Å²) in [6.45, 7) is 11.0. The zero-order valence-electron chi connectivity index (χ0n) is 16.8. The Morgan fingerprint density at radius 3 is 2.56 bits per heavy atom. The first-order valence-electron chi connectivity index (χ1n) is 10.2. The predicted molar refractivity (Wildman–Crippen MR) is 101 cm³/mol. The van der Waals surface area contributed by atoms with Crippen LogP contribution in [0.25, 0.3) is 0 Å². The van der Waals surface area contributed by atoms with Gasteiger partial charge in [0.1, 0.15) is 11.7 Å². The molecule has 0 unspecified atom stereocenters. The van der Waals surface area contributed by atoms with Crippen molar-refractivity contribution >= 4 is 5.97 Å². The third kappa shape index (κ3) is 7.10. The van der Waals surface area contributed by atoms with E-state index in [1.54, 1.807) is 0 Å². The second kappa shape index (κ2) is 11.0. The SMILES string of the molecule is CCCC[C@H](CC)C[C@H](C)C[C@]1(CC)C=C(CC)[C@@H](CC(=O)O)OO1. The Labute approximate surface area is 153 Å². The molecule has 1 heterocycles. The monoisotopic (exact) mass is 354 g/mol. The maximum absolute atomic E-state index is 11.0. The second-order valence-corrected chi connectivity index (χ2v) is 7.72. The summed E-state index contributed by atoms with van der Waals surface area (Å²) in [4.78, 5) is 22.4. The van der Waals surface area contributed by atoms with Crippen molar-refractivity contribution in [2.45, 2.75) is 104 Å². The first-order valence-corrected chi connectivity index (χ1v) is 10.2. The van der Waals surface area contributed by atoms with Crippen molar-refractivity contribution in [1.82, 2.24) is 0 Å². The Balaban J connectivity index is 2.76. The van der Waals surface area contributed by atoms with Crippen LogP contribution < -0.4 is 0 Å². The van der Waals surface area contributed by atoms with Gasteiger partial charge in [-0.25, -0.2) is 9.78 Å². The van der Waals surface area contributed by atoms with E-state index in [4.69, 9.17) is 14.9 Å². The topological polar surface area (TPSA) is 55.8 Å². The third-order valence-corrected chi connectivity index (χ3v) is 5.53. The Hall–Kier alpha value is -0.870. The minimum absolute atomic E-state index is 0.0378. The van der Waals surface area contributed by atoms with Gasteiger partial charge >= 0.3 is 5.97 Å². The Morgan fingerprint density at radius 2 is 2.04 bits per heavy atom. The number of carbonyl (C=O) groups is 1. The van der Waals surface area contributed by atoms with E-state index >= 15 is 0 Å². The maximum atomic E-state index is 11.0. The van der Waals surface area contributed by atoms with E-state index in [1.165, 1.54) is 32.1 Å². The maximum Gasteiger partial charge on any atom is 0.306 e. The zero-order valence-corrected chi connectivity index (χ0v) is 16.8. The molecule has 1 aliphatic heterocycles. The molecule has 0 amide bonds. The molecule has 0 radical (unpaired) electrons. The smallest absolute Gasteiger partial charge is 0.306 e. The van der Waals surface area contributed by atoms with Crippen molar-refractivity contribution in [2.24, 2.45) is 11.8 Å². The summed E-state index contributed by atoms with van der Waals surface area (Å²) in [5.41, 5.74) is 0.642. The van der Waals surface area contributed by atoms with E-state index in [0.717, 1.165) is 30.8 Å². The molecule has 0 aromatic rings. The number of carboxylic acid groups (broad SMARTS) is 1. The van der Waals surface area contributed by atoms with Crippen LogP contribution in [0.1, 0.15) is 92.4 Å². The highest BCUT2D eigenvalue weighted by atomic mass is 17.2. The molecule has 0 fully saturated rings. The minimum Gasteiger partial charge on any atom is -0.481 e. The van der Waals surface area contributed by atoms with E-state index in [9.17, 15) is 4.79 Å². The molecule has 0 aliphatic carbocycles. The fraction of sp³-hybridized carbons (Fsp3) is 0.857. The molecule has 4 nitrogen and oxygen atoms in total. The van der Waals surface area contributed by atoms with Gasteiger partial charge in [-0.15, -0.1) is 0 Å². The lowest BCUT2D eigenvalue weighted by atomic mass is 9.80. The van der Waals surface area contributed by atoms with E-state index in [0.29, 0.717) is 5.92 Å². The molecule has 1 N–H and O–H groups in total. The summed E-state index contributed by atoms with van der Waals surface area (Å²) in [6, 6.07) is 0. The molecule has 0 saturated heterocycles. The summed E-state index contributed by atoms with van der Waals surface area (Å²) in [5, 5.41) is 9.05. The Bertz CT molecular complexity index is 432. The normalized spacial score (nSPS) is 26.1. The molecule has 146 valence electrons. The van der Waals surface area contributed by atoms with E-state index in [-0.39, 0.29) is 6.42 Å². The van der Waals surface area contributed by atoms with Crippen LogP contribution in [0.15, 0.2) is 11.6 Å². The highest BCUT2D eigenvalue weighted by molar-refractivity contribution is 5.68. The first kappa shape index (κ1) is 22.2. The van der Waals surface area contributed by atoms with Gasteiger partial charge in [0.05, 0.1) is 6.42 Å². The van der Waals surface area contributed by atoms with Gasteiger partial charge in [0.2, 0.25) is 0 Å². The molecular formula is C21H38O4.